The molecule has 2 N–H and O–H groups in total. The molecule has 0 bridgehead atoms. The molecule has 92 valence electrons. The molecular formula is C13H16ClNO2. The van der Waals surface area contributed by atoms with Crippen LogP contribution in [0.25, 0.3) is 0 Å². The smallest absolute Gasteiger partial charge is 0.293 e. The molecule has 0 aliphatic rings. The summed E-state index contributed by atoms with van der Waals surface area (Å²) in [6.07, 6.45) is 5.65. The van der Waals surface area contributed by atoms with Crippen LogP contribution in [0.2, 0.25) is 0 Å². The number of aliphatic hydroxyl groups is 2. The molecule has 0 aliphatic carbocycles. The largest absolute Gasteiger partial charge is 0.343 e. The van der Waals surface area contributed by atoms with Crippen LogP contribution in [0.5, 0.6) is 0 Å². The fourth-order valence-electron chi connectivity index (χ4n) is 1.47. The van der Waals surface area contributed by atoms with Crippen LogP contribution in [0.3, 0.4) is 0 Å². The summed E-state index contributed by atoms with van der Waals surface area (Å²) in [5.41, 5.74) is 1.10. The summed E-state index contributed by atoms with van der Waals surface area (Å²) < 4.78 is 0. The molecule has 0 amide bonds. The van der Waals surface area contributed by atoms with E-state index in [0.29, 0.717) is 6.42 Å². The van der Waals surface area contributed by atoms with Gasteiger partial charge in [-0.15, -0.1) is 18.0 Å². The highest BCUT2D eigenvalue weighted by atomic mass is 35.5. The summed E-state index contributed by atoms with van der Waals surface area (Å²) in [4.78, 5) is 1.23. The van der Waals surface area contributed by atoms with Crippen molar-refractivity contribution < 1.29 is 10.2 Å². The van der Waals surface area contributed by atoms with Crippen molar-refractivity contribution in [1.29, 1.82) is 0 Å². The van der Waals surface area contributed by atoms with Gasteiger partial charge in [-0.3, -0.25) is 0 Å². The maximum Gasteiger partial charge on any atom is 0.293 e. The predicted molar refractivity (Wildman–Crippen MR) is 68.4 cm³/mol. The minimum Gasteiger partial charge on any atom is -0.343 e. The number of halogens is 1. The first-order valence-corrected chi connectivity index (χ1v) is 5.71. The monoisotopic (exact) mass is 253 g/mol. The Morgan fingerprint density at radius 1 is 1.41 bits per heavy atom. The first-order valence-electron chi connectivity index (χ1n) is 5.27. The molecule has 0 aromatic heterocycles. The average molecular weight is 254 g/mol. The van der Waals surface area contributed by atoms with Crippen LogP contribution in [0, 0.1) is 12.3 Å². The molecular weight excluding hydrogens is 238 g/mol. The van der Waals surface area contributed by atoms with Crippen molar-refractivity contribution in [2.24, 2.45) is 0 Å². The van der Waals surface area contributed by atoms with Crippen LogP contribution in [0.15, 0.2) is 30.3 Å². The van der Waals surface area contributed by atoms with Crippen molar-refractivity contribution in [2.45, 2.75) is 17.7 Å². The third-order valence-electron chi connectivity index (χ3n) is 2.50. The Labute approximate surface area is 107 Å². The second-order valence-electron chi connectivity index (χ2n) is 3.95. The van der Waals surface area contributed by atoms with E-state index in [1.807, 2.05) is 36.3 Å². The van der Waals surface area contributed by atoms with Gasteiger partial charge in [0, 0.05) is 6.54 Å². The van der Waals surface area contributed by atoms with Crippen molar-refractivity contribution in [3.8, 4) is 12.3 Å². The van der Waals surface area contributed by atoms with Crippen molar-refractivity contribution >= 4 is 11.6 Å². The van der Waals surface area contributed by atoms with Crippen LogP contribution in [-0.4, -0.2) is 40.0 Å². The summed E-state index contributed by atoms with van der Waals surface area (Å²) >= 11 is 6.14. The second-order valence-corrected chi connectivity index (χ2v) is 4.56. The van der Waals surface area contributed by atoms with E-state index in [0.717, 1.165) is 5.56 Å². The van der Waals surface area contributed by atoms with Gasteiger partial charge in [0.2, 0.25) is 0 Å². The Kier molecular flexibility index (Phi) is 4.98. The molecule has 0 spiro atoms. The lowest BCUT2D eigenvalue weighted by Crippen LogP contribution is -2.47. The van der Waals surface area contributed by atoms with E-state index in [1.54, 1.807) is 0 Å². The number of hydrogen-bond acceptors (Lipinski definition) is 3. The zero-order valence-corrected chi connectivity index (χ0v) is 10.4. The molecule has 0 saturated heterocycles. The molecule has 4 heteroatoms. The highest BCUT2D eigenvalue weighted by molar-refractivity contribution is 6.20. The molecule has 1 rings (SSSR count). The Balaban J connectivity index is 2.51. The van der Waals surface area contributed by atoms with Crippen molar-refractivity contribution in [2.75, 3.05) is 13.6 Å². The third kappa shape index (κ3) is 4.37. The van der Waals surface area contributed by atoms with E-state index >= 15 is 0 Å². The van der Waals surface area contributed by atoms with Gasteiger partial charge in [0.25, 0.3) is 5.91 Å². The van der Waals surface area contributed by atoms with Gasteiger partial charge in [-0.25, -0.2) is 4.90 Å². The van der Waals surface area contributed by atoms with Gasteiger partial charge in [0.15, 0.2) is 0 Å². The molecule has 3 nitrogen and oxygen atoms in total. The number of rotatable bonds is 5. The predicted octanol–water partition coefficient (Wildman–Crippen LogP) is 1.04. The molecule has 0 radical (unpaired) electrons. The van der Waals surface area contributed by atoms with Gasteiger partial charge in [-0.05, 0) is 25.0 Å². The first kappa shape index (κ1) is 14.0. The third-order valence-corrected chi connectivity index (χ3v) is 2.79. The van der Waals surface area contributed by atoms with E-state index < -0.39 is 5.91 Å². The van der Waals surface area contributed by atoms with Crippen LogP contribution in [0.4, 0.5) is 0 Å². The minimum absolute atomic E-state index is 0.241. The molecule has 1 aromatic rings. The lowest BCUT2D eigenvalue weighted by molar-refractivity contribution is -0.209. The lowest BCUT2D eigenvalue weighted by atomic mass is 10.1. The lowest BCUT2D eigenvalue weighted by Gasteiger charge is -2.28. The van der Waals surface area contributed by atoms with E-state index in [-0.39, 0.29) is 11.9 Å². The summed E-state index contributed by atoms with van der Waals surface area (Å²) in [6.45, 7) is 0.285. The summed E-state index contributed by atoms with van der Waals surface area (Å²) in [6, 6.07) is 9.76. The van der Waals surface area contributed by atoms with Crippen LogP contribution in [0.1, 0.15) is 5.56 Å². The molecule has 1 unspecified atom stereocenters. The van der Waals surface area contributed by atoms with Crippen molar-refractivity contribution in [1.82, 2.24) is 4.90 Å². The minimum atomic E-state index is -2.25. The molecule has 17 heavy (non-hydrogen) atoms. The van der Waals surface area contributed by atoms with Gasteiger partial charge in [0.05, 0.1) is 5.38 Å². The number of hydrogen-bond donors (Lipinski definition) is 2. The van der Waals surface area contributed by atoms with Gasteiger partial charge in [-0.1, -0.05) is 30.3 Å². The summed E-state index contributed by atoms with van der Waals surface area (Å²) in [7, 11) is 1.51. The topological polar surface area (TPSA) is 43.7 Å². The molecule has 0 aliphatic heterocycles. The SMILES string of the molecule is C#CC(O)(O)N(C)CC(Cl)Cc1ccccc1. The van der Waals surface area contributed by atoms with Gasteiger partial charge < -0.3 is 10.2 Å². The van der Waals surface area contributed by atoms with Crippen molar-refractivity contribution in [3.05, 3.63) is 35.9 Å². The zero-order chi connectivity index (χ0) is 12.9. The van der Waals surface area contributed by atoms with Gasteiger partial charge in [0.1, 0.15) is 0 Å². The molecule has 0 heterocycles. The number of nitrogens with zero attached hydrogens (tertiary/aromatic N) is 1. The average Bonchev–Trinajstić information content (AvgIpc) is 2.30. The van der Waals surface area contributed by atoms with Crippen LogP contribution in [-0.2, 0) is 6.42 Å². The van der Waals surface area contributed by atoms with E-state index in [9.17, 15) is 10.2 Å². The van der Waals surface area contributed by atoms with Crippen LogP contribution < -0.4 is 0 Å². The van der Waals surface area contributed by atoms with Crippen molar-refractivity contribution in [3.63, 3.8) is 0 Å². The maximum absolute atomic E-state index is 9.39. The Hall–Kier alpha value is -1.05. The number of benzene rings is 1. The molecule has 1 aromatic carbocycles. The van der Waals surface area contributed by atoms with E-state index in [2.05, 4.69) is 0 Å². The first-order chi connectivity index (χ1) is 7.95. The second kappa shape index (κ2) is 6.04. The highest BCUT2D eigenvalue weighted by Gasteiger charge is 2.27. The fraction of sp³-hybridized carbons (Fsp3) is 0.385. The highest BCUT2D eigenvalue weighted by Crippen LogP contribution is 2.12. The molecule has 0 fully saturated rings. The normalized spacial score (nSPS) is 13.4. The molecule has 1 atom stereocenters. The Bertz CT molecular complexity index is 386. The van der Waals surface area contributed by atoms with Gasteiger partial charge >= 0.3 is 0 Å². The zero-order valence-electron chi connectivity index (χ0n) is 9.68. The Morgan fingerprint density at radius 3 is 2.53 bits per heavy atom. The Morgan fingerprint density at radius 2 is 2.00 bits per heavy atom. The summed E-state index contributed by atoms with van der Waals surface area (Å²) in [5.74, 6) is -0.358. The molecule has 0 saturated carbocycles. The van der Waals surface area contributed by atoms with Crippen LogP contribution >= 0.6 is 11.6 Å². The maximum atomic E-state index is 9.39. The standard InChI is InChI=1S/C13H16ClNO2/c1-3-13(16,17)15(2)10-12(14)9-11-7-5-4-6-8-11/h1,4-8,12,16-17H,9-10H2,2H3. The van der Waals surface area contributed by atoms with Gasteiger partial charge in [-0.2, -0.15) is 0 Å². The quantitative estimate of drug-likeness (QED) is 0.468. The number of terminal acetylenes is 1. The van der Waals surface area contributed by atoms with E-state index in [1.165, 1.54) is 11.9 Å². The number of alkyl halides is 1. The fourth-order valence-corrected chi connectivity index (χ4v) is 1.85. The van der Waals surface area contributed by atoms with E-state index in [4.69, 9.17) is 18.0 Å². The summed E-state index contributed by atoms with van der Waals surface area (Å²) in [5, 5.41) is 18.5.